The Bertz CT molecular complexity index is 1510. The Kier molecular flexibility index (Phi) is 6.12. The number of aromatic nitrogens is 3. The van der Waals surface area contributed by atoms with Crippen LogP contribution >= 0.6 is 0 Å². The molecule has 1 N–H and O–H groups in total. The molecule has 0 saturated carbocycles. The highest BCUT2D eigenvalue weighted by Gasteiger charge is 2.39. The minimum atomic E-state index is -0.699. The van der Waals surface area contributed by atoms with Crippen molar-refractivity contribution in [3.63, 3.8) is 0 Å². The Morgan fingerprint density at radius 3 is 2.31 bits per heavy atom. The van der Waals surface area contributed by atoms with Crippen LogP contribution in [0.1, 0.15) is 44.6 Å². The molecule has 0 aliphatic carbocycles. The van der Waals surface area contributed by atoms with Crippen LogP contribution in [0, 0.1) is 15.5 Å². The van der Waals surface area contributed by atoms with Crippen LogP contribution in [0.5, 0.6) is 0 Å². The van der Waals surface area contributed by atoms with Crippen molar-refractivity contribution < 1.29 is 14.5 Å². The van der Waals surface area contributed by atoms with Gasteiger partial charge in [0.25, 0.3) is 0 Å². The number of pyridine rings is 1. The fraction of sp³-hybridized carbons (Fsp3) is 0.481. The molecule has 2 aromatic heterocycles. The molecule has 204 valence electrons. The molecule has 12 nitrogen and oxygen atoms in total. The fourth-order valence-corrected chi connectivity index (χ4v) is 6.54. The van der Waals surface area contributed by atoms with Crippen molar-refractivity contribution in [2.75, 3.05) is 36.0 Å². The van der Waals surface area contributed by atoms with Gasteiger partial charge in [-0.1, -0.05) is 6.07 Å². The number of para-hydroxylation sites is 1. The molecule has 1 spiro atoms. The van der Waals surface area contributed by atoms with E-state index in [9.17, 15) is 24.5 Å². The number of hydrogen-bond acceptors (Lipinski definition) is 8. The summed E-state index contributed by atoms with van der Waals surface area (Å²) < 4.78 is 3.16. The molecule has 39 heavy (non-hydrogen) atoms. The predicted octanol–water partition coefficient (Wildman–Crippen LogP) is 2.51. The zero-order chi connectivity index (χ0) is 27.3. The highest BCUT2D eigenvalue weighted by Crippen LogP contribution is 2.43. The number of carbonyl (C=O) groups excluding carboxylic acids is 2. The first kappa shape index (κ1) is 25.1. The molecular weight excluding hydrogens is 502 g/mol. The number of nitrogens with one attached hydrogen (secondary N) is 1. The van der Waals surface area contributed by atoms with E-state index in [1.807, 2.05) is 18.2 Å². The monoisotopic (exact) mass is 533 g/mol. The van der Waals surface area contributed by atoms with Gasteiger partial charge in [0, 0.05) is 45.7 Å². The summed E-state index contributed by atoms with van der Waals surface area (Å²) in [6.07, 6.45) is 6.29. The van der Waals surface area contributed by atoms with E-state index in [2.05, 4.69) is 20.1 Å². The Hall–Kier alpha value is -4.22. The lowest BCUT2D eigenvalue weighted by molar-refractivity contribution is -0.389. The quantitative estimate of drug-likeness (QED) is 0.307. The van der Waals surface area contributed by atoms with Crippen LogP contribution in [0.3, 0.4) is 0 Å². The van der Waals surface area contributed by atoms with Gasteiger partial charge in [-0.05, 0) is 65.6 Å². The minimum Gasteiger partial charge on any atom is -0.370 e. The van der Waals surface area contributed by atoms with Crippen molar-refractivity contribution in [3.05, 3.63) is 57.1 Å². The first-order valence-electron chi connectivity index (χ1n) is 13.4. The molecule has 6 rings (SSSR count). The number of amides is 2. The number of fused-ring (bicyclic) bond motifs is 1. The maximum Gasteiger partial charge on any atom is 0.363 e. The second kappa shape index (κ2) is 9.51. The molecule has 1 aromatic carbocycles. The molecular formula is C27H31N7O5. The standard InChI is InChI=1S/C27H31N7O5/c1-30-24-19(3-2-4-20(24)33(26(30)37)21-6-8-23(35)29-25(21)36)32-15-11-27(12-16-32)9-13-31(14-10-27)18-5-7-22(28-17-18)34(38)39/h2-5,7,17,21H,6,8-16H2,1H3,(H,29,35,36). The maximum atomic E-state index is 13.3. The summed E-state index contributed by atoms with van der Waals surface area (Å²) in [5.41, 5.74) is 3.42. The van der Waals surface area contributed by atoms with Gasteiger partial charge in [-0.3, -0.25) is 24.0 Å². The second-order valence-corrected chi connectivity index (χ2v) is 10.9. The normalized spacial score (nSPS) is 21.4. The van der Waals surface area contributed by atoms with E-state index >= 15 is 0 Å². The lowest BCUT2D eigenvalue weighted by Crippen LogP contribution is -2.47. The Morgan fingerprint density at radius 2 is 1.69 bits per heavy atom. The van der Waals surface area contributed by atoms with Gasteiger partial charge in [-0.2, -0.15) is 0 Å². The highest BCUT2D eigenvalue weighted by molar-refractivity contribution is 6.00. The molecule has 5 heterocycles. The summed E-state index contributed by atoms with van der Waals surface area (Å²) in [4.78, 5) is 56.5. The topological polar surface area (TPSA) is 136 Å². The van der Waals surface area contributed by atoms with Crippen molar-refractivity contribution in [2.45, 2.75) is 44.6 Å². The lowest BCUT2D eigenvalue weighted by Gasteiger charge is -2.47. The Balaban J connectivity index is 1.18. The summed E-state index contributed by atoms with van der Waals surface area (Å²) >= 11 is 0. The van der Waals surface area contributed by atoms with Gasteiger partial charge in [0.2, 0.25) is 11.8 Å². The Morgan fingerprint density at radius 1 is 1.00 bits per heavy atom. The number of anilines is 2. The summed E-state index contributed by atoms with van der Waals surface area (Å²) in [7, 11) is 1.74. The van der Waals surface area contributed by atoms with Crippen molar-refractivity contribution in [2.24, 2.45) is 12.5 Å². The summed E-state index contributed by atoms with van der Waals surface area (Å²) in [5.74, 6) is -0.871. The summed E-state index contributed by atoms with van der Waals surface area (Å²) in [6.45, 7) is 3.52. The molecule has 1 atom stereocenters. The number of hydrogen-bond donors (Lipinski definition) is 1. The van der Waals surface area contributed by atoms with Gasteiger partial charge in [-0.25, -0.2) is 4.79 Å². The van der Waals surface area contributed by atoms with E-state index in [1.165, 1.54) is 10.6 Å². The van der Waals surface area contributed by atoms with Crippen LogP contribution in [0.15, 0.2) is 41.3 Å². The van der Waals surface area contributed by atoms with Gasteiger partial charge in [0.1, 0.15) is 6.04 Å². The third-order valence-corrected chi connectivity index (χ3v) is 8.88. The van der Waals surface area contributed by atoms with Crippen molar-refractivity contribution in [1.82, 2.24) is 19.4 Å². The third-order valence-electron chi connectivity index (χ3n) is 8.88. The lowest BCUT2D eigenvalue weighted by atomic mass is 9.71. The highest BCUT2D eigenvalue weighted by atomic mass is 16.6. The number of nitrogens with zero attached hydrogens (tertiary/aromatic N) is 6. The molecule has 2 amide bonds. The van der Waals surface area contributed by atoms with Gasteiger partial charge >= 0.3 is 11.5 Å². The molecule has 0 radical (unpaired) electrons. The van der Waals surface area contributed by atoms with Crippen LogP contribution in [-0.4, -0.2) is 57.0 Å². The van der Waals surface area contributed by atoms with E-state index in [0.29, 0.717) is 11.9 Å². The smallest absolute Gasteiger partial charge is 0.363 e. The van der Waals surface area contributed by atoms with Crippen LogP contribution in [0.25, 0.3) is 11.0 Å². The van der Waals surface area contributed by atoms with Crippen LogP contribution in [0.4, 0.5) is 17.2 Å². The number of piperidine rings is 3. The van der Waals surface area contributed by atoms with E-state index in [1.54, 1.807) is 23.9 Å². The SMILES string of the molecule is Cn1c(=O)n(C2CCC(=O)NC2=O)c2cccc(N3CCC4(CCN(c5ccc([N+](=O)[O-])nc5)CC4)CC3)c21. The molecule has 1 unspecified atom stereocenters. The number of carbonyl (C=O) groups is 2. The molecule has 0 bridgehead atoms. The molecule has 3 aromatic rings. The number of nitro groups is 1. The average molecular weight is 534 g/mol. The first-order valence-corrected chi connectivity index (χ1v) is 13.4. The molecule has 3 aliphatic heterocycles. The molecule has 3 saturated heterocycles. The van der Waals surface area contributed by atoms with Crippen molar-refractivity contribution in [3.8, 4) is 0 Å². The van der Waals surface area contributed by atoms with E-state index in [-0.39, 0.29) is 29.3 Å². The van der Waals surface area contributed by atoms with Crippen LogP contribution in [0.2, 0.25) is 0 Å². The fourth-order valence-electron chi connectivity index (χ4n) is 6.54. The summed E-state index contributed by atoms with van der Waals surface area (Å²) in [5, 5.41) is 13.3. The molecule has 3 fully saturated rings. The largest absolute Gasteiger partial charge is 0.370 e. The van der Waals surface area contributed by atoms with Gasteiger partial charge < -0.3 is 19.9 Å². The molecule has 3 aliphatic rings. The van der Waals surface area contributed by atoms with Crippen LogP contribution in [-0.2, 0) is 16.6 Å². The third kappa shape index (κ3) is 4.33. The predicted molar refractivity (Wildman–Crippen MR) is 145 cm³/mol. The van der Waals surface area contributed by atoms with Gasteiger partial charge in [0.05, 0.1) is 22.4 Å². The molecule has 12 heteroatoms. The zero-order valence-corrected chi connectivity index (χ0v) is 21.8. The van der Waals surface area contributed by atoms with Crippen molar-refractivity contribution in [1.29, 1.82) is 0 Å². The van der Waals surface area contributed by atoms with E-state index in [4.69, 9.17) is 0 Å². The van der Waals surface area contributed by atoms with Gasteiger partial charge in [-0.15, -0.1) is 0 Å². The number of rotatable bonds is 4. The van der Waals surface area contributed by atoms with Crippen LogP contribution < -0.4 is 20.8 Å². The first-order chi connectivity index (χ1) is 18.8. The van der Waals surface area contributed by atoms with Crippen molar-refractivity contribution >= 4 is 40.0 Å². The number of benzene rings is 1. The summed E-state index contributed by atoms with van der Waals surface area (Å²) in [6, 6.07) is 8.38. The minimum absolute atomic E-state index is 0.139. The van der Waals surface area contributed by atoms with Gasteiger partial charge in [0.15, 0.2) is 6.20 Å². The van der Waals surface area contributed by atoms with E-state index < -0.39 is 16.9 Å². The van der Waals surface area contributed by atoms with E-state index in [0.717, 1.165) is 68.8 Å². The Labute approximate surface area is 224 Å². The number of aryl methyl sites for hydroxylation is 1. The zero-order valence-electron chi connectivity index (χ0n) is 21.8. The number of imidazole rings is 1. The number of imide groups is 1. The maximum absolute atomic E-state index is 13.3. The average Bonchev–Trinajstić information content (AvgIpc) is 3.19. The second-order valence-electron chi connectivity index (χ2n) is 10.9.